The summed E-state index contributed by atoms with van der Waals surface area (Å²) in [6.07, 6.45) is 4.24. The molecule has 0 aliphatic rings. The highest BCUT2D eigenvalue weighted by molar-refractivity contribution is 5.47. The van der Waals surface area contributed by atoms with E-state index in [1.54, 1.807) is 6.92 Å². The summed E-state index contributed by atoms with van der Waals surface area (Å²) in [7, 11) is 2.08. The standard InChI is InChI=1S/C16H20N2O/c1-13(19)15-3-5-16(6-4-15)18(2)12-9-14-7-10-17-11-8-14/h3-8,10-11,13,19H,9,12H2,1-2H3. The maximum Gasteiger partial charge on any atom is 0.0761 e. The third-order valence-electron chi connectivity index (χ3n) is 3.30. The van der Waals surface area contributed by atoms with E-state index in [2.05, 4.69) is 29.1 Å². The van der Waals surface area contributed by atoms with Crippen LogP contribution < -0.4 is 4.90 Å². The monoisotopic (exact) mass is 256 g/mol. The lowest BCUT2D eigenvalue weighted by atomic mass is 10.1. The molecule has 0 amide bonds. The van der Waals surface area contributed by atoms with Gasteiger partial charge in [0.15, 0.2) is 0 Å². The number of pyridine rings is 1. The number of hydrogen-bond acceptors (Lipinski definition) is 3. The highest BCUT2D eigenvalue weighted by atomic mass is 16.3. The summed E-state index contributed by atoms with van der Waals surface area (Å²) in [5, 5.41) is 9.49. The second kappa shape index (κ2) is 6.34. The summed E-state index contributed by atoms with van der Waals surface area (Å²) in [5.74, 6) is 0. The van der Waals surface area contributed by atoms with Crippen LogP contribution in [-0.2, 0) is 6.42 Å². The smallest absolute Gasteiger partial charge is 0.0761 e. The van der Waals surface area contributed by atoms with Crippen LogP contribution in [0.1, 0.15) is 24.2 Å². The first-order valence-corrected chi connectivity index (χ1v) is 6.55. The highest BCUT2D eigenvalue weighted by Gasteiger charge is 2.04. The predicted molar refractivity (Wildman–Crippen MR) is 78.3 cm³/mol. The van der Waals surface area contributed by atoms with Crippen molar-refractivity contribution < 1.29 is 5.11 Å². The van der Waals surface area contributed by atoms with Gasteiger partial charge in [-0.3, -0.25) is 4.98 Å². The van der Waals surface area contributed by atoms with Gasteiger partial charge >= 0.3 is 0 Å². The van der Waals surface area contributed by atoms with Crippen molar-refractivity contribution in [2.24, 2.45) is 0 Å². The van der Waals surface area contributed by atoms with Crippen molar-refractivity contribution in [3.05, 3.63) is 59.9 Å². The van der Waals surface area contributed by atoms with E-state index in [4.69, 9.17) is 0 Å². The van der Waals surface area contributed by atoms with E-state index < -0.39 is 6.10 Å². The van der Waals surface area contributed by atoms with E-state index in [-0.39, 0.29) is 0 Å². The van der Waals surface area contributed by atoms with E-state index in [9.17, 15) is 5.11 Å². The Labute approximate surface area is 114 Å². The Morgan fingerprint density at radius 2 is 1.74 bits per heavy atom. The Morgan fingerprint density at radius 3 is 2.32 bits per heavy atom. The van der Waals surface area contributed by atoms with Crippen LogP contribution in [-0.4, -0.2) is 23.7 Å². The Balaban J connectivity index is 1.94. The van der Waals surface area contributed by atoms with Crippen molar-refractivity contribution in [2.75, 3.05) is 18.5 Å². The van der Waals surface area contributed by atoms with Gasteiger partial charge in [-0.2, -0.15) is 0 Å². The van der Waals surface area contributed by atoms with Crippen LogP contribution in [0.3, 0.4) is 0 Å². The van der Waals surface area contributed by atoms with Crippen molar-refractivity contribution >= 4 is 5.69 Å². The molecule has 1 aromatic carbocycles. The van der Waals surface area contributed by atoms with E-state index in [1.807, 2.05) is 36.7 Å². The second-order valence-electron chi connectivity index (χ2n) is 4.79. The minimum atomic E-state index is -0.406. The zero-order valence-corrected chi connectivity index (χ0v) is 11.5. The average Bonchev–Trinajstić information content (AvgIpc) is 2.46. The van der Waals surface area contributed by atoms with Gasteiger partial charge in [0.25, 0.3) is 0 Å². The molecule has 100 valence electrons. The normalized spacial score (nSPS) is 12.2. The van der Waals surface area contributed by atoms with Crippen LogP contribution in [0, 0.1) is 0 Å². The number of aliphatic hydroxyl groups is 1. The quantitative estimate of drug-likeness (QED) is 0.893. The van der Waals surface area contributed by atoms with Crippen LogP contribution in [0.15, 0.2) is 48.8 Å². The van der Waals surface area contributed by atoms with Gasteiger partial charge < -0.3 is 10.0 Å². The first kappa shape index (κ1) is 13.6. The number of hydrogen-bond donors (Lipinski definition) is 1. The molecule has 3 nitrogen and oxygen atoms in total. The predicted octanol–water partition coefficient (Wildman–Crippen LogP) is 2.81. The van der Waals surface area contributed by atoms with Gasteiger partial charge in [-0.05, 0) is 48.7 Å². The largest absolute Gasteiger partial charge is 0.389 e. The molecule has 0 saturated heterocycles. The van der Waals surface area contributed by atoms with Gasteiger partial charge in [0.2, 0.25) is 0 Å². The molecule has 0 saturated carbocycles. The highest BCUT2D eigenvalue weighted by Crippen LogP contribution is 2.18. The van der Waals surface area contributed by atoms with Gasteiger partial charge in [-0.15, -0.1) is 0 Å². The first-order valence-electron chi connectivity index (χ1n) is 6.55. The van der Waals surface area contributed by atoms with Gasteiger partial charge in [0, 0.05) is 31.7 Å². The maximum atomic E-state index is 9.49. The Morgan fingerprint density at radius 1 is 1.11 bits per heavy atom. The third-order valence-corrected chi connectivity index (χ3v) is 3.30. The summed E-state index contributed by atoms with van der Waals surface area (Å²) in [4.78, 5) is 6.23. The van der Waals surface area contributed by atoms with Crippen molar-refractivity contribution in [1.82, 2.24) is 4.98 Å². The fourth-order valence-electron chi connectivity index (χ4n) is 1.98. The Bertz CT molecular complexity index is 494. The summed E-state index contributed by atoms with van der Waals surface area (Å²) in [6, 6.07) is 12.1. The van der Waals surface area contributed by atoms with Crippen LogP contribution in [0.4, 0.5) is 5.69 Å². The van der Waals surface area contributed by atoms with Crippen molar-refractivity contribution in [2.45, 2.75) is 19.4 Å². The molecule has 3 heteroatoms. The number of benzene rings is 1. The second-order valence-corrected chi connectivity index (χ2v) is 4.79. The molecule has 2 aromatic rings. The zero-order valence-electron chi connectivity index (χ0n) is 11.5. The lowest BCUT2D eigenvalue weighted by Crippen LogP contribution is -2.20. The first-order chi connectivity index (χ1) is 9.16. The van der Waals surface area contributed by atoms with E-state index in [1.165, 1.54) is 11.3 Å². The number of aromatic nitrogens is 1. The van der Waals surface area contributed by atoms with E-state index >= 15 is 0 Å². The molecule has 0 radical (unpaired) electrons. The molecular formula is C16H20N2O. The number of nitrogens with zero attached hydrogens (tertiary/aromatic N) is 2. The molecule has 1 aromatic heterocycles. The molecule has 0 aliphatic carbocycles. The average molecular weight is 256 g/mol. The van der Waals surface area contributed by atoms with E-state index in [0.29, 0.717) is 0 Å². The Hall–Kier alpha value is -1.87. The molecule has 0 aliphatic heterocycles. The van der Waals surface area contributed by atoms with Crippen molar-refractivity contribution in [1.29, 1.82) is 0 Å². The number of rotatable bonds is 5. The fraction of sp³-hybridized carbons (Fsp3) is 0.312. The molecule has 0 spiro atoms. The van der Waals surface area contributed by atoms with Crippen LogP contribution in [0.25, 0.3) is 0 Å². The minimum Gasteiger partial charge on any atom is -0.389 e. The van der Waals surface area contributed by atoms with Crippen molar-refractivity contribution in [3.63, 3.8) is 0 Å². The number of anilines is 1. The number of aliphatic hydroxyl groups excluding tert-OH is 1. The molecule has 19 heavy (non-hydrogen) atoms. The summed E-state index contributed by atoms with van der Waals surface area (Å²) >= 11 is 0. The molecule has 2 rings (SSSR count). The molecule has 0 fully saturated rings. The third kappa shape index (κ3) is 3.80. The van der Waals surface area contributed by atoms with Crippen LogP contribution in [0.5, 0.6) is 0 Å². The lowest BCUT2D eigenvalue weighted by molar-refractivity contribution is 0.199. The van der Waals surface area contributed by atoms with Gasteiger partial charge in [-0.25, -0.2) is 0 Å². The van der Waals surface area contributed by atoms with Gasteiger partial charge in [0.05, 0.1) is 6.10 Å². The summed E-state index contributed by atoms with van der Waals surface area (Å²) in [5.41, 5.74) is 3.41. The SMILES string of the molecule is CC(O)c1ccc(N(C)CCc2ccncc2)cc1. The van der Waals surface area contributed by atoms with Crippen molar-refractivity contribution in [3.8, 4) is 0 Å². The molecule has 1 heterocycles. The number of likely N-dealkylation sites (N-methyl/N-ethyl adjacent to an activating group) is 1. The van der Waals surface area contributed by atoms with E-state index in [0.717, 1.165) is 18.5 Å². The molecule has 1 N–H and O–H groups in total. The summed E-state index contributed by atoms with van der Waals surface area (Å²) in [6.45, 7) is 2.74. The maximum absolute atomic E-state index is 9.49. The zero-order chi connectivity index (χ0) is 13.7. The van der Waals surface area contributed by atoms with Gasteiger partial charge in [0.1, 0.15) is 0 Å². The lowest BCUT2D eigenvalue weighted by Gasteiger charge is -2.20. The minimum absolute atomic E-state index is 0.406. The molecule has 1 unspecified atom stereocenters. The molecular weight excluding hydrogens is 236 g/mol. The van der Waals surface area contributed by atoms with Crippen LogP contribution in [0.2, 0.25) is 0 Å². The fourth-order valence-corrected chi connectivity index (χ4v) is 1.98. The molecule has 0 bridgehead atoms. The van der Waals surface area contributed by atoms with Gasteiger partial charge in [-0.1, -0.05) is 12.1 Å². The van der Waals surface area contributed by atoms with Crippen LogP contribution >= 0.6 is 0 Å². The molecule has 1 atom stereocenters. The Kier molecular flexibility index (Phi) is 4.53. The topological polar surface area (TPSA) is 36.4 Å². The summed E-state index contributed by atoms with van der Waals surface area (Å²) < 4.78 is 0.